The number of aryl methyl sites for hydroxylation is 1. The molecular formula is C18H18BrN5O2S. The Kier molecular flexibility index (Phi) is 7.14. The normalized spacial score (nSPS) is 10.6. The van der Waals surface area contributed by atoms with Crippen LogP contribution in [0.25, 0.3) is 0 Å². The van der Waals surface area contributed by atoms with E-state index >= 15 is 0 Å². The Balaban J connectivity index is 0.00000261. The first-order valence-corrected chi connectivity index (χ1v) is 8.75. The first kappa shape index (κ1) is 20.7. The van der Waals surface area contributed by atoms with Gasteiger partial charge in [0.15, 0.2) is 6.20 Å². The topological polar surface area (TPSA) is 75.0 Å². The predicted molar refractivity (Wildman–Crippen MR) is 101 cm³/mol. The Hall–Kier alpha value is -2.65. The second-order valence-electron chi connectivity index (χ2n) is 5.78. The molecule has 0 spiro atoms. The summed E-state index contributed by atoms with van der Waals surface area (Å²) in [6.45, 7) is 0.816. The fourth-order valence-corrected chi connectivity index (χ4v) is 3.16. The molecule has 1 aromatic heterocycles. The smallest absolute Gasteiger partial charge is 0.414 e. The van der Waals surface area contributed by atoms with E-state index in [0.717, 1.165) is 23.6 Å². The number of nitro groups is 1. The number of anilines is 1. The number of halogens is 1. The van der Waals surface area contributed by atoms with E-state index in [2.05, 4.69) is 27.3 Å². The molecule has 0 saturated carbocycles. The van der Waals surface area contributed by atoms with Crippen LogP contribution < -0.4 is 26.4 Å². The number of thiazole rings is 1. The van der Waals surface area contributed by atoms with Crippen LogP contribution in [0.4, 0.5) is 21.5 Å². The molecular weight excluding hydrogens is 430 g/mol. The van der Waals surface area contributed by atoms with Crippen molar-refractivity contribution in [2.24, 2.45) is 17.3 Å². The van der Waals surface area contributed by atoms with Gasteiger partial charge in [0.05, 0.1) is 17.1 Å². The fourth-order valence-electron chi connectivity index (χ4n) is 2.41. The molecule has 0 amide bonds. The van der Waals surface area contributed by atoms with E-state index in [1.165, 1.54) is 11.8 Å². The second kappa shape index (κ2) is 9.33. The van der Waals surface area contributed by atoms with Gasteiger partial charge in [-0.25, -0.2) is 4.57 Å². The lowest BCUT2D eigenvalue weighted by atomic mass is 10.2. The van der Waals surface area contributed by atoms with Gasteiger partial charge in [0.1, 0.15) is 5.69 Å². The summed E-state index contributed by atoms with van der Waals surface area (Å²) in [4.78, 5) is 12.5. The van der Waals surface area contributed by atoms with Crippen LogP contribution in [-0.2, 0) is 13.6 Å². The molecule has 27 heavy (non-hydrogen) atoms. The highest BCUT2D eigenvalue weighted by Gasteiger charge is 2.21. The third-order valence-corrected chi connectivity index (χ3v) is 4.80. The second-order valence-corrected chi connectivity index (χ2v) is 6.77. The molecule has 140 valence electrons. The molecule has 9 heteroatoms. The minimum absolute atomic E-state index is 0. The summed E-state index contributed by atoms with van der Waals surface area (Å²) in [7, 11) is 3.74. The van der Waals surface area contributed by atoms with E-state index in [4.69, 9.17) is 0 Å². The summed E-state index contributed by atoms with van der Waals surface area (Å²) in [5.74, 6) is 0. The van der Waals surface area contributed by atoms with Gasteiger partial charge in [0, 0.05) is 30.6 Å². The van der Waals surface area contributed by atoms with Crippen molar-refractivity contribution >= 4 is 32.8 Å². The molecule has 0 aliphatic carbocycles. The molecule has 0 atom stereocenters. The molecule has 3 rings (SSSR count). The zero-order valence-electron chi connectivity index (χ0n) is 14.8. The number of hydrogen-bond acceptors (Lipinski definition) is 6. The van der Waals surface area contributed by atoms with E-state index in [-0.39, 0.29) is 22.0 Å². The van der Waals surface area contributed by atoms with Crippen LogP contribution in [0.3, 0.4) is 0 Å². The summed E-state index contributed by atoms with van der Waals surface area (Å²) < 4.78 is 1.59. The highest BCUT2D eigenvalue weighted by molar-refractivity contribution is 7.17. The molecule has 0 aliphatic rings. The molecule has 7 nitrogen and oxygen atoms in total. The minimum atomic E-state index is -0.430. The number of rotatable bonds is 6. The Morgan fingerprint density at radius 2 is 1.78 bits per heavy atom. The Bertz CT molecular complexity index is 929. The van der Waals surface area contributed by atoms with E-state index in [1.54, 1.807) is 11.6 Å². The van der Waals surface area contributed by atoms with Gasteiger partial charge in [-0.15, -0.1) is 0 Å². The highest BCUT2D eigenvalue weighted by Crippen LogP contribution is 2.27. The number of azo groups is 1. The predicted octanol–water partition coefficient (Wildman–Crippen LogP) is 1.54. The number of benzene rings is 2. The van der Waals surface area contributed by atoms with E-state index < -0.39 is 4.92 Å². The van der Waals surface area contributed by atoms with Crippen LogP contribution in [0.2, 0.25) is 0 Å². The summed E-state index contributed by atoms with van der Waals surface area (Å²) >= 11 is 0.991. The van der Waals surface area contributed by atoms with Crippen molar-refractivity contribution in [3.05, 3.63) is 76.5 Å². The molecule has 0 saturated heterocycles. The first-order chi connectivity index (χ1) is 12.5. The third-order valence-electron chi connectivity index (χ3n) is 3.79. The van der Waals surface area contributed by atoms with Crippen LogP contribution >= 0.6 is 11.3 Å². The average Bonchev–Trinajstić information content (AvgIpc) is 3.02. The van der Waals surface area contributed by atoms with Crippen LogP contribution in [-0.4, -0.2) is 12.0 Å². The monoisotopic (exact) mass is 447 g/mol. The van der Waals surface area contributed by atoms with E-state index in [1.807, 2.05) is 49.5 Å². The van der Waals surface area contributed by atoms with Gasteiger partial charge in [0.25, 0.3) is 0 Å². The number of nitrogens with zero attached hydrogens (tertiary/aromatic N) is 5. The maximum atomic E-state index is 10.8. The first-order valence-electron chi connectivity index (χ1n) is 7.93. The minimum Gasteiger partial charge on any atom is -1.00 e. The van der Waals surface area contributed by atoms with Gasteiger partial charge >= 0.3 is 10.1 Å². The average molecular weight is 448 g/mol. The van der Waals surface area contributed by atoms with E-state index in [9.17, 15) is 10.1 Å². The van der Waals surface area contributed by atoms with Crippen LogP contribution in [0, 0.1) is 10.1 Å². The van der Waals surface area contributed by atoms with Crippen molar-refractivity contribution in [2.75, 3.05) is 11.9 Å². The lowest BCUT2D eigenvalue weighted by molar-refractivity contribution is -0.656. The largest absolute Gasteiger partial charge is 1.00 e. The zero-order valence-corrected chi connectivity index (χ0v) is 17.2. The van der Waals surface area contributed by atoms with Crippen LogP contribution in [0.1, 0.15) is 5.56 Å². The van der Waals surface area contributed by atoms with Crippen LogP contribution in [0.5, 0.6) is 0 Å². The molecule has 0 radical (unpaired) electrons. The van der Waals surface area contributed by atoms with Gasteiger partial charge < -0.3 is 21.9 Å². The molecule has 0 N–H and O–H groups in total. The number of hydrogen-bond donors (Lipinski definition) is 0. The third kappa shape index (κ3) is 5.41. The van der Waals surface area contributed by atoms with Crippen molar-refractivity contribution in [3.63, 3.8) is 0 Å². The van der Waals surface area contributed by atoms with Crippen molar-refractivity contribution in [3.8, 4) is 0 Å². The summed E-state index contributed by atoms with van der Waals surface area (Å²) in [6, 6.07) is 18.0. The van der Waals surface area contributed by atoms with Gasteiger partial charge in [-0.05, 0) is 34.9 Å². The Morgan fingerprint density at radius 3 is 2.37 bits per heavy atom. The molecule has 2 aromatic carbocycles. The van der Waals surface area contributed by atoms with E-state index in [0.29, 0.717) is 10.8 Å². The summed E-state index contributed by atoms with van der Waals surface area (Å²) in [5, 5.41) is 19.6. The fraction of sp³-hybridized carbons (Fsp3) is 0.167. The quantitative estimate of drug-likeness (QED) is 0.249. The Labute approximate surface area is 171 Å². The van der Waals surface area contributed by atoms with Crippen molar-refractivity contribution in [2.45, 2.75) is 6.54 Å². The van der Waals surface area contributed by atoms with Gasteiger partial charge in [-0.3, -0.25) is 10.1 Å². The van der Waals surface area contributed by atoms with Crippen molar-refractivity contribution < 1.29 is 26.5 Å². The lowest BCUT2D eigenvalue weighted by Crippen LogP contribution is -3.00. The molecule has 0 unspecified atom stereocenters. The SMILES string of the molecule is CN(Cc1ccccc1)c1ccc(N=Nc2sc([N+](=O)[O-])c[n+]2C)cc1.[Br-]. The molecule has 0 fully saturated rings. The van der Waals surface area contributed by atoms with Gasteiger partial charge in [-0.2, -0.15) is 0 Å². The Morgan fingerprint density at radius 1 is 1.11 bits per heavy atom. The standard InChI is InChI=1S/C18H18N5O2S.BrH/c1-21(12-14-6-4-3-5-7-14)16-10-8-15(9-11-16)19-20-18-22(2)13-17(26-18)23(24)25;/h3-11,13H,12H2,1-2H3;1H/q+1;/p-1. The molecule has 3 aromatic rings. The lowest BCUT2D eigenvalue weighted by Gasteiger charge is -2.19. The van der Waals surface area contributed by atoms with Crippen LogP contribution in [0.15, 0.2) is 71.0 Å². The summed E-state index contributed by atoms with van der Waals surface area (Å²) in [6.07, 6.45) is 1.43. The maximum absolute atomic E-state index is 10.8. The van der Waals surface area contributed by atoms with Gasteiger partial charge in [-0.1, -0.05) is 30.3 Å². The molecule has 1 heterocycles. The molecule has 0 bridgehead atoms. The van der Waals surface area contributed by atoms with Gasteiger partial charge in [0.2, 0.25) is 0 Å². The molecule has 0 aliphatic heterocycles. The maximum Gasteiger partial charge on any atom is 0.414 e. The van der Waals surface area contributed by atoms with Crippen molar-refractivity contribution in [1.82, 2.24) is 0 Å². The zero-order chi connectivity index (χ0) is 18.5. The summed E-state index contributed by atoms with van der Waals surface area (Å²) in [5.41, 5.74) is 3.01. The number of aromatic nitrogens is 1. The highest BCUT2D eigenvalue weighted by atomic mass is 79.9. The van der Waals surface area contributed by atoms with Crippen molar-refractivity contribution in [1.29, 1.82) is 0 Å².